The number of fused-ring (bicyclic) bond motifs is 1. The number of aliphatic imine (C=N–C) groups is 1. The summed E-state index contributed by atoms with van der Waals surface area (Å²) in [7, 11) is 1.62. The summed E-state index contributed by atoms with van der Waals surface area (Å²) in [5.41, 5.74) is 14.4. The molecule has 1 saturated carbocycles. The lowest BCUT2D eigenvalue weighted by atomic mass is 9.60. The Morgan fingerprint density at radius 1 is 1.29 bits per heavy atom. The van der Waals surface area contributed by atoms with E-state index in [-0.39, 0.29) is 5.75 Å². The van der Waals surface area contributed by atoms with Gasteiger partial charge in [-0.2, -0.15) is 5.10 Å². The minimum absolute atomic E-state index is 0.221. The maximum Gasteiger partial charge on any atom is 0.213 e. The molecule has 38 heavy (non-hydrogen) atoms. The van der Waals surface area contributed by atoms with E-state index in [2.05, 4.69) is 28.6 Å². The van der Waals surface area contributed by atoms with Crippen molar-refractivity contribution in [2.45, 2.75) is 39.2 Å². The number of phenolic OH excluding ortho intramolecular Hbond substituents is 1. The molecule has 1 aliphatic carbocycles. The number of nitrogens with two attached hydrogens (primary N) is 1. The van der Waals surface area contributed by atoms with E-state index < -0.39 is 0 Å². The molecule has 0 amide bonds. The summed E-state index contributed by atoms with van der Waals surface area (Å²) in [5, 5.41) is 21.9. The molecule has 9 nitrogen and oxygen atoms in total. The average Bonchev–Trinajstić information content (AvgIpc) is 3.30. The number of phenols is 1. The zero-order valence-electron chi connectivity index (χ0n) is 22.0. The second-order valence-corrected chi connectivity index (χ2v) is 10.4. The molecular formula is C29H33N7O2. The van der Waals surface area contributed by atoms with E-state index in [0.29, 0.717) is 23.2 Å². The number of methoxy groups -OCH3 is 1. The van der Waals surface area contributed by atoms with Gasteiger partial charge in [-0.25, -0.2) is 14.5 Å². The Kier molecular flexibility index (Phi) is 5.95. The molecule has 1 saturated heterocycles. The summed E-state index contributed by atoms with van der Waals surface area (Å²) in [6.07, 6.45) is 8.70. The molecule has 0 radical (unpaired) electrons. The summed E-state index contributed by atoms with van der Waals surface area (Å²) in [6, 6.07) is 9.59. The largest absolute Gasteiger partial charge is 0.508 e. The molecule has 2 aliphatic rings. The zero-order chi connectivity index (χ0) is 26.4. The van der Waals surface area contributed by atoms with Crippen molar-refractivity contribution in [2.75, 3.05) is 25.5 Å². The number of nitrogens with one attached hydrogen (secondary N) is 2. The third-order valence-electron chi connectivity index (χ3n) is 8.15. The molecule has 1 unspecified atom stereocenters. The summed E-state index contributed by atoms with van der Waals surface area (Å²) in [6.45, 7) is 6.14. The summed E-state index contributed by atoms with van der Waals surface area (Å²) < 4.78 is 7.18. The van der Waals surface area contributed by atoms with E-state index in [1.54, 1.807) is 31.5 Å². The number of rotatable bonds is 7. The number of ether oxygens (including phenoxy) is 1. The van der Waals surface area contributed by atoms with Crippen LogP contribution in [0.5, 0.6) is 11.6 Å². The quantitative estimate of drug-likeness (QED) is 0.217. The second-order valence-electron chi connectivity index (χ2n) is 10.4. The van der Waals surface area contributed by atoms with Crippen molar-refractivity contribution < 1.29 is 9.84 Å². The summed E-state index contributed by atoms with van der Waals surface area (Å²) >= 11 is 0. The number of aromatic hydroxyl groups is 1. The average molecular weight is 512 g/mol. The highest BCUT2D eigenvalue weighted by Crippen LogP contribution is 2.46. The van der Waals surface area contributed by atoms with Gasteiger partial charge < -0.3 is 26.2 Å². The number of hydrogen-bond acceptors (Lipinski definition) is 7. The first-order chi connectivity index (χ1) is 18.4. The van der Waals surface area contributed by atoms with E-state index >= 15 is 0 Å². The van der Waals surface area contributed by atoms with Gasteiger partial charge in [0.2, 0.25) is 5.88 Å². The Hall–Kier alpha value is -4.11. The smallest absolute Gasteiger partial charge is 0.213 e. The van der Waals surface area contributed by atoms with Crippen molar-refractivity contribution >= 4 is 22.7 Å². The molecule has 2 fully saturated rings. The first-order valence-electron chi connectivity index (χ1n) is 13.1. The number of pyridine rings is 1. The van der Waals surface area contributed by atoms with E-state index in [1.165, 1.54) is 6.42 Å². The van der Waals surface area contributed by atoms with Crippen molar-refractivity contribution in [1.29, 1.82) is 0 Å². The number of amidine groups is 1. The van der Waals surface area contributed by atoms with Gasteiger partial charge in [-0.05, 0) is 61.6 Å². The van der Waals surface area contributed by atoms with Gasteiger partial charge in [0.15, 0.2) is 0 Å². The Morgan fingerprint density at radius 3 is 2.79 bits per heavy atom. The second kappa shape index (κ2) is 9.33. The van der Waals surface area contributed by atoms with Gasteiger partial charge in [-0.3, -0.25) is 0 Å². The van der Waals surface area contributed by atoms with Gasteiger partial charge in [-0.1, -0.05) is 6.92 Å². The van der Waals surface area contributed by atoms with Crippen LogP contribution < -0.4 is 21.1 Å². The molecule has 1 aromatic carbocycles. The van der Waals surface area contributed by atoms with Crippen LogP contribution >= 0.6 is 0 Å². The molecule has 4 heterocycles. The van der Waals surface area contributed by atoms with E-state index in [9.17, 15) is 5.11 Å². The number of nitrogens with zero attached hydrogens (tertiary/aromatic N) is 4. The lowest BCUT2D eigenvalue weighted by Crippen LogP contribution is -2.67. The Morgan fingerprint density at radius 2 is 2.13 bits per heavy atom. The van der Waals surface area contributed by atoms with Crippen LogP contribution in [0.4, 0.5) is 11.4 Å². The first-order valence-corrected chi connectivity index (χ1v) is 13.1. The van der Waals surface area contributed by atoms with Gasteiger partial charge in [0.1, 0.15) is 11.6 Å². The Bertz CT molecular complexity index is 1550. The number of hydrogen-bond donors (Lipinski definition) is 4. The molecule has 6 rings (SSSR count). The van der Waals surface area contributed by atoms with Gasteiger partial charge in [-0.15, -0.1) is 0 Å². The van der Waals surface area contributed by atoms with Gasteiger partial charge in [0.25, 0.3) is 0 Å². The van der Waals surface area contributed by atoms with Crippen LogP contribution in [0.2, 0.25) is 0 Å². The van der Waals surface area contributed by atoms with Crippen molar-refractivity contribution in [3.63, 3.8) is 0 Å². The van der Waals surface area contributed by atoms with Crippen LogP contribution in [0, 0.1) is 12.3 Å². The Labute approximate surface area is 221 Å². The number of benzene rings is 1. The summed E-state index contributed by atoms with van der Waals surface area (Å²) in [4.78, 5) is 9.21. The minimum Gasteiger partial charge on any atom is -0.508 e. The van der Waals surface area contributed by atoms with Crippen molar-refractivity contribution in [2.24, 2.45) is 16.1 Å². The van der Waals surface area contributed by atoms with E-state index in [0.717, 1.165) is 70.6 Å². The van der Waals surface area contributed by atoms with Gasteiger partial charge >= 0.3 is 0 Å². The highest BCUT2D eigenvalue weighted by atomic mass is 16.5. The maximum atomic E-state index is 9.92. The van der Waals surface area contributed by atoms with Crippen LogP contribution in [0.25, 0.3) is 16.6 Å². The molecule has 1 spiro atoms. The predicted molar refractivity (Wildman–Crippen MR) is 150 cm³/mol. The SMILES string of the molecule is CCc1cc(O)ccc1/N=C(\N)c1cnn2cc(-c3cnc(OC)cc3C)cc2c1NC1CCC12CNC2. The van der Waals surface area contributed by atoms with Crippen molar-refractivity contribution in [1.82, 2.24) is 19.9 Å². The monoisotopic (exact) mass is 511 g/mol. The standard InChI is InChI=1S/C29H33N7O2/c1-4-18-10-20(37)5-6-23(18)34-28(30)22-13-33-36-14-19(21-12-32-26(38-3)9-17(21)2)11-24(36)27(22)35-25-7-8-29(25)15-31-16-29/h5-6,9-14,25,31,35,37H,4,7-8,15-16H2,1-3H3,(H2,30,34). The zero-order valence-corrected chi connectivity index (χ0v) is 22.0. The summed E-state index contributed by atoms with van der Waals surface area (Å²) in [5.74, 6) is 1.19. The van der Waals surface area contributed by atoms with Crippen LogP contribution in [0.15, 0.2) is 53.9 Å². The lowest BCUT2D eigenvalue weighted by Gasteiger charge is -2.56. The first kappa shape index (κ1) is 24.2. The molecule has 4 aromatic rings. The molecule has 1 atom stereocenters. The fraction of sp³-hybridized carbons (Fsp3) is 0.345. The molecule has 9 heteroatoms. The minimum atomic E-state index is 0.221. The fourth-order valence-electron chi connectivity index (χ4n) is 5.61. The van der Waals surface area contributed by atoms with E-state index in [4.69, 9.17) is 20.6 Å². The highest BCUT2D eigenvalue weighted by molar-refractivity contribution is 6.06. The Balaban J connectivity index is 1.46. The molecule has 5 N–H and O–H groups in total. The third-order valence-corrected chi connectivity index (χ3v) is 8.15. The highest BCUT2D eigenvalue weighted by Gasteiger charge is 2.51. The molecule has 3 aromatic heterocycles. The van der Waals surface area contributed by atoms with E-state index in [1.807, 2.05) is 29.9 Å². The number of aryl methyl sites for hydroxylation is 2. The predicted octanol–water partition coefficient (Wildman–Crippen LogP) is 4.18. The molecule has 1 aliphatic heterocycles. The van der Waals surface area contributed by atoms with Crippen LogP contribution in [0.1, 0.15) is 36.5 Å². The van der Waals surface area contributed by atoms with Crippen LogP contribution in [0.3, 0.4) is 0 Å². The van der Waals surface area contributed by atoms with Crippen LogP contribution in [-0.2, 0) is 6.42 Å². The molecule has 196 valence electrons. The van der Waals surface area contributed by atoms with Gasteiger partial charge in [0.05, 0.1) is 35.8 Å². The van der Waals surface area contributed by atoms with Crippen LogP contribution in [-0.4, -0.2) is 51.8 Å². The third kappa shape index (κ3) is 4.03. The van der Waals surface area contributed by atoms with Crippen molar-refractivity contribution in [3.05, 3.63) is 65.6 Å². The molecular weight excluding hydrogens is 478 g/mol. The number of aromatic nitrogens is 3. The van der Waals surface area contributed by atoms with Gasteiger partial charge in [0, 0.05) is 54.1 Å². The molecule has 0 bridgehead atoms. The maximum absolute atomic E-state index is 9.92. The topological polar surface area (TPSA) is 122 Å². The fourth-order valence-corrected chi connectivity index (χ4v) is 5.61. The van der Waals surface area contributed by atoms with Crippen molar-refractivity contribution in [3.8, 4) is 22.8 Å². The number of anilines is 1. The normalized spacial score (nSPS) is 18.3. The lowest BCUT2D eigenvalue weighted by molar-refractivity contribution is 0.0408.